The Hall–Kier alpha value is -2.39. The van der Waals surface area contributed by atoms with Gasteiger partial charge in [0, 0.05) is 25.5 Å². The van der Waals surface area contributed by atoms with Crippen LogP contribution in [0.5, 0.6) is 5.75 Å². The lowest BCUT2D eigenvalue weighted by Crippen LogP contribution is -2.60. The number of nitrogens with zero attached hydrogens (tertiary/aromatic N) is 1. The van der Waals surface area contributed by atoms with Crippen LogP contribution in [-0.2, 0) is 9.47 Å². The molecule has 0 radical (unpaired) electrons. The average Bonchev–Trinajstić information content (AvgIpc) is 3.00. The summed E-state index contributed by atoms with van der Waals surface area (Å²) in [6.45, 7) is 1.74. The molecule has 0 unspecified atom stereocenters. The smallest absolute Gasteiger partial charge is 0.270 e. The van der Waals surface area contributed by atoms with E-state index in [9.17, 15) is 5.11 Å². The predicted molar refractivity (Wildman–Crippen MR) is 107 cm³/mol. The molecule has 2 heterocycles. The minimum Gasteiger partial charge on any atom is -0.479 e. The third-order valence-corrected chi connectivity index (χ3v) is 5.54. The Morgan fingerprint density at radius 3 is 2.64 bits per heavy atom. The molecule has 0 fully saturated rings. The first-order valence-electron chi connectivity index (χ1n) is 8.83. The van der Waals surface area contributed by atoms with Crippen molar-refractivity contribution in [2.75, 3.05) is 20.0 Å². The fourth-order valence-corrected chi connectivity index (χ4v) is 4.25. The summed E-state index contributed by atoms with van der Waals surface area (Å²) in [5.74, 6) is 0.568. The number of nitrogen functional groups attached to an aromatic ring is 1. The fraction of sp³-hybridized carbons (Fsp3) is 0.350. The van der Waals surface area contributed by atoms with Gasteiger partial charge >= 0.3 is 0 Å². The van der Waals surface area contributed by atoms with Crippen LogP contribution >= 0.6 is 12.2 Å². The van der Waals surface area contributed by atoms with Crippen molar-refractivity contribution < 1.29 is 23.7 Å². The van der Waals surface area contributed by atoms with Gasteiger partial charge in [0.1, 0.15) is 11.9 Å². The van der Waals surface area contributed by atoms with Gasteiger partial charge in [0.25, 0.3) is 4.84 Å². The van der Waals surface area contributed by atoms with Crippen LogP contribution in [-0.4, -0.2) is 41.9 Å². The molecule has 1 aliphatic rings. The number of hydrogen-bond donors (Lipinski definition) is 2. The van der Waals surface area contributed by atoms with Gasteiger partial charge in [-0.2, -0.15) is 0 Å². The number of anilines is 1. The van der Waals surface area contributed by atoms with Crippen molar-refractivity contribution in [3.05, 3.63) is 52.9 Å². The number of aliphatic hydroxyl groups is 1. The third kappa shape index (κ3) is 2.72. The molecular formula is C20H22N2O5S. The van der Waals surface area contributed by atoms with Gasteiger partial charge in [0.15, 0.2) is 17.5 Å². The van der Waals surface area contributed by atoms with Crippen molar-refractivity contribution in [2.24, 2.45) is 0 Å². The summed E-state index contributed by atoms with van der Waals surface area (Å²) >= 11 is 5.50. The van der Waals surface area contributed by atoms with Gasteiger partial charge < -0.3 is 29.5 Å². The molecule has 8 heteroatoms. The summed E-state index contributed by atoms with van der Waals surface area (Å²) in [5.41, 5.74) is 7.48. The van der Waals surface area contributed by atoms with Gasteiger partial charge in [-0.25, -0.2) is 0 Å². The summed E-state index contributed by atoms with van der Waals surface area (Å²) in [5, 5.41) is 11.5. The topological polar surface area (TPSA) is 92.0 Å². The Balaban J connectivity index is 2.00. The largest absolute Gasteiger partial charge is 0.479 e. The van der Waals surface area contributed by atoms with Crippen LogP contribution in [0.15, 0.2) is 46.9 Å². The monoisotopic (exact) mass is 402 g/mol. The molecule has 3 N–H and O–H groups in total. The molecular weight excluding hydrogens is 380 g/mol. The molecule has 0 saturated heterocycles. The second-order valence-electron chi connectivity index (χ2n) is 6.98. The highest BCUT2D eigenvalue weighted by atomic mass is 32.1. The molecule has 28 heavy (non-hydrogen) atoms. The summed E-state index contributed by atoms with van der Waals surface area (Å²) in [6.07, 6.45) is -1.89. The third-order valence-electron chi connectivity index (χ3n) is 5.26. The molecule has 148 valence electrons. The Labute approximate surface area is 167 Å². The first-order chi connectivity index (χ1) is 13.4. The molecule has 3 atom stereocenters. The number of para-hydroxylation sites is 2. The van der Waals surface area contributed by atoms with Crippen molar-refractivity contribution in [1.82, 2.24) is 4.57 Å². The van der Waals surface area contributed by atoms with Crippen molar-refractivity contribution in [3.8, 4) is 5.75 Å². The highest BCUT2D eigenvalue weighted by molar-refractivity contribution is 7.71. The quantitative estimate of drug-likeness (QED) is 0.393. The maximum absolute atomic E-state index is 11.5. The fourth-order valence-electron chi connectivity index (χ4n) is 3.95. The van der Waals surface area contributed by atoms with Crippen LogP contribution in [0.3, 0.4) is 0 Å². The van der Waals surface area contributed by atoms with Gasteiger partial charge in [-0.3, -0.25) is 4.57 Å². The number of nitrogens with two attached hydrogens (primary N) is 1. The van der Waals surface area contributed by atoms with E-state index in [-0.39, 0.29) is 4.84 Å². The van der Waals surface area contributed by atoms with Gasteiger partial charge in [0.05, 0.1) is 11.6 Å². The Bertz CT molecular complexity index is 1070. The number of fused-ring (bicyclic) bond motifs is 2. The maximum atomic E-state index is 11.5. The van der Waals surface area contributed by atoms with Gasteiger partial charge in [0.2, 0.25) is 0 Å². The SMILES string of the molecule is COC(OC)[C@]1(C)Oc2ccc(N)cc2[C@H](n2c(=S)oc3ccccc32)[C@@H]1O. The number of oxazole rings is 1. The predicted octanol–water partition coefficient (Wildman–Crippen LogP) is 3.27. The minimum absolute atomic E-state index is 0.245. The molecule has 0 spiro atoms. The van der Waals surface area contributed by atoms with E-state index in [1.165, 1.54) is 14.2 Å². The Morgan fingerprint density at radius 1 is 1.21 bits per heavy atom. The number of methoxy groups -OCH3 is 2. The van der Waals surface area contributed by atoms with Gasteiger partial charge in [-0.1, -0.05) is 12.1 Å². The summed E-state index contributed by atoms with van der Waals surface area (Å²) in [6, 6.07) is 12.2. The van der Waals surface area contributed by atoms with E-state index in [0.29, 0.717) is 22.6 Å². The minimum atomic E-state index is -1.20. The van der Waals surface area contributed by atoms with Crippen molar-refractivity contribution in [1.29, 1.82) is 0 Å². The zero-order chi connectivity index (χ0) is 20.1. The van der Waals surface area contributed by atoms with Crippen LogP contribution in [0.1, 0.15) is 18.5 Å². The van der Waals surface area contributed by atoms with E-state index in [1.807, 2.05) is 24.3 Å². The van der Waals surface area contributed by atoms with E-state index >= 15 is 0 Å². The number of benzene rings is 2. The normalized spacial score (nSPS) is 24.3. The second kappa shape index (κ2) is 6.89. The number of aliphatic hydroxyl groups excluding tert-OH is 1. The van der Waals surface area contributed by atoms with E-state index in [4.69, 9.17) is 36.6 Å². The number of rotatable bonds is 4. The van der Waals surface area contributed by atoms with Crippen LogP contribution < -0.4 is 10.5 Å². The summed E-state index contributed by atoms with van der Waals surface area (Å²) in [7, 11) is 3.00. The van der Waals surface area contributed by atoms with E-state index in [2.05, 4.69) is 0 Å². The molecule has 1 aliphatic heterocycles. The molecule has 2 aromatic carbocycles. The molecule has 0 amide bonds. The van der Waals surface area contributed by atoms with Crippen LogP contribution in [0.4, 0.5) is 5.69 Å². The maximum Gasteiger partial charge on any atom is 0.270 e. The van der Waals surface area contributed by atoms with E-state index in [1.54, 1.807) is 29.7 Å². The highest BCUT2D eigenvalue weighted by Crippen LogP contribution is 2.46. The molecule has 3 aromatic rings. The van der Waals surface area contributed by atoms with E-state index < -0.39 is 24.0 Å². The van der Waals surface area contributed by atoms with Crippen molar-refractivity contribution in [2.45, 2.75) is 31.0 Å². The molecule has 0 saturated carbocycles. The van der Waals surface area contributed by atoms with Gasteiger partial charge in [-0.15, -0.1) is 0 Å². The first-order valence-corrected chi connectivity index (χ1v) is 9.23. The van der Waals surface area contributed by atoms with Crippen molar-refractivity contribution >= 4 is 29.0 Å². The molecule has 1 aromatic heterocycles. The lowest BCUT2D eigenvalue weighted by atomic mass is 9.84. The lowest BCUT2D eigenvalue weighted by molar-refractivity contribution is -0.238. The first kappa shape index (κ1) is 18.9. The zero-order valence-corrected chi connectivity index (χ0v) is 16.6. The molecule has 4 rings (SSSR count). The summed E-state index contributed by atoms with van der Waals surface area (Å²) < 4.78 is 24.6. The van der Waals surface area contributed by atoms with Crippen LogP contribution in [0.25, 0.3) is 11.1 Å². The van der Waals surface area contributed by atoms with Crippen molar-refractivity contribution in [3.63, 3.8) is 0 Å². The second-order valence-corrected chi connectivity index (χ2v) is 7.33. The molecule has 7 nitrogen and oxygen atoms in total. The number of ether oxygens (including phenoxy) is 3. The van der Waals surface area contributed by atoms with Crippen LogP contribution in [0, 0.1) is 4.84 Å². The average molecular weight is 402 g/mol. The summed E-state index contributed by atoms with van der Waals surface area (Å²) in [4.78, 5) is 0.245. The lowest BCUT2D eigenvalue weighted by Gasteiger charge is -2.46. The van der Waals surface area contributed by atoms with Crippen LogP contribution in [0.2, 0.25) is 0 Å². The van der Waals surface area contributed by atoms with Gasteiger partial charge in [-0.05, 0) is 49.5 Å². The highest BCUT2D eigenvalue weighted by Gasteiger charge is 2.53. The molecule has 0 aliphatic carbocycles. The number of hydrogen-bond acceptors (Lipinski definition) is 7. The zero-order valence-electron chi connectivity index (χ0n) is 15.8. The Morgan fingerprint density at radius 2 is 1.93 bits per heavy atom. The number of aromatic nitrogens is 1. The Kier molecular flexibility index (Phi) is 4.67. The molecule has 0 bridgehead atoms. The standard InChI is InChI=1S/C20H22N2O5S/c1-20(18(24-2)25-3)17(23)16(12-10-11(21)8-9-14(12)27-20)22-13-6-4-5-7-15(13)26-19(22)28/h4-10,16-18,23H,21H2,1-3H3/t16-,17-,20+/m0/s1. The van der Waals surface area contributed by atoms with E-state index in [0.717, 1.165) is 5.52 Å².